The molecule has 25 heavy (non-hydrogen) atoms. The summed E-state index contributed by atoms with van der Waals surface area (Å²) < 4.78 is 26.7. The summed E-state index contributed by atoms with van der Waals surface area (Å²) in [6, 6.07) is 9.17. The molecule has 0 spiro atoms. The summed E-state index contributed by atoms with van der Waals surface area (Å²) >= 11 is 0. The number of rotatable bonds is 5. The smallest absolute Gasteiger partial charge is 0.244 e. The highest BCUT2D eigenvalue weighted by Crippen LogP contribution is 2.36. The Kier molecular flexibility index (Phi) is 5.76. The summed E-state index contributed by atoms with van der Waals surface area (Å²) in [6.07, 6.45) is 2.51. The van der Waals surface area contributed by atoms with Crippen LogP contribution in [0.4, 0.5) is 0 Å². The second-order valence-electron chi connectivity index (χ2n) is 6.69. The Bertz CT molecular complexity index is 684. The Morgan fingerprint density at radius 3 is 2.44 bits per heavy atom. The predicted octanol–water partition coefficient (Wildman–Crippen LogP) is 2.34. The molecule has 6 nitrogen and oxygen atoms in total. The average Bonchev–Trinajstić information content (AvgIpc) is 2.92. The first-order valence-electron chi connectivity index (χ1n) is 8.99. The second kappa shape index (κ2) is 7.85. The normalized spacial score (nSPS) is 24.5. The van der Waals surface area contributed by atoms with Crippen LogP contribution >= 0.6 is 0 Å². The van der Waals surface area contributed by atoms with Crippen molar-refractivity contribution in [1.29, 1.82) is 0 Å². The molecule has 1 unspecified atom stereocenters. The van der Waals surface area contributed by atoms with Crippen LogP contribution in [0, 0.1) is 5.92 Å². The molecule has 1 amide bonds. The lowest BCUT2D eigenvalue weighted by molar-refractivity contribution is -0.170. The topological polar surface area (TPSA) is 66.9 Å². The van der Waals surface area contributed by atoms with Crippen LogP contribution in [0.5, 0.6) is 0 Å². The molecule has 7 heteroatoms. The molecule has 0 aromatic heterocycles. The molecule has 2 aliphatic rings. The molecule has 0 radical (unpaired) electrons. The molecule has 2 aliphatic heterocycles. The fourth-order valence-corrected chi connectivity index (χ4v) is 5.64. The summed E-state index contributed by atoms with van der Waals surface area (Å²) in [7, 11) is -3.60. The van der Waals surface area contributed by atoms with Crippen molar-refractivity contribution in [2.75, 3.05) is 26.2 Å². The molecule has 0 N–H and O–H groups in total. The van der Waals surface area contributed by atoms with Crippen LogP contribution in [-0.4, -0.2) is 49.9 Å². The van der Waals surface area contributed by atoms with E-state index in [9.17, 15) is 13.2 Å². The molecular weight excluding hydrogens is 340 g/mol. The molecule has 2 heterocycles. The number of hydroxylamine groups is 2. The first kappa shape index (κ1) is 18.4. The van der Waals surface area contributed by atoms with Gasteiger partial charge in [0.15, 0.2) is 0 Å². The number of nitrogens with zero attached hydrogens (tertiary/aromatic N) is 2. The van der Waals surface area contributed by atoms with Gasteiger partial charge in [-0.15, -0.1) is 0 Å². The van der Waals surface area contributed by atoms with Crippen molar-refractivity contribution in [1.82, 2.24) is 9.37 Å². The van der Waals surface area contributed by atoms with Gasteiger partial charge in [-0.05, 0) is 37.7 Å². The number of benzene rings is 1. The largest absolute Gasteiger partial charge is 0.299 e. The average molecular weight is 366 g/mol. The van der Waals surface area contributed by atoms with Gasteiger partial charge in [-0.3, -0.25) is 9.63 Å². The van der Waals surface area contributed by atoms with E-state index in [0.29, 0.717) is 26.0 Å². The van der Waals surface area contributed by atoms with Gasteiger partial charge in [0.05, 0.1) is 6.61 Å². The predicted molar refractivity (Wildman–Crippen MR) is 95.0 cm³/mol. The zero-order valence-corrected chi connectivity index (χ0v) is 15.5. The molecule has 1 aromatic carbocycles. The maximum absolute atomic E-state index is 12.8. The lowest BCUT2D eigenvalue weighted by Crippen LogP contribution is -2.38. The molecule has 1 aromatic rings. The van der Waals surface area contributed by atoms with Gasteiger partial charge < -0.3 is 0 Å². The van der Waals surface area contributed by atoms with E-state index in [4.69, 9.17) is 4.84 Å². The molecule has 0 aliphatic carbocycles. The van der Waals surface area contributed by atoms with E-state index < -0.39 is 15.3 Å². The molecular formula is C18H26N2O4S. The highest BCUT2D eigenvalue weighted by atomic mass is 32.2. The monoisotopic (exact) mass is 366 g/mol. The second-order valence-corrected chi connectivity index (χ2v) is 8.73. The van der Waals surface area contributed by atoms with Gasteiger partial charge in [-0.1, -0.05) is 30.3 Å². The summed E-state index contributed by atoms with van der Waals surface area (Å²) in [5.74, 6) is -0.0246. The molecule has 2 saturated heterocycles. The maximum atomic E-state index is 12.8. The lowest BCUT2D eigenvalue weighted by Gasteiger charge is -2.31. The number of amides is 1. The number of hydrogen-bond acceptors (Lipinski definition) is 5. The Hall–Kier alpha value is -1.44. The van der Waals surface area contributed by atoms with Crippen LogP contribution in [0.1, 0.15) is 43.4 Å². The van der Waals surface area contributed by atoms with E-state index in [0.717, 1.165) is 35.8 Å². The van der Waals surface area contributed by atoms with E-state index in [1.807, 2.05) is 42.3 Å². The molecule has 1 atom stereocenters. The zero-order chi connectivity index (χ0) is 17.9. The Morgan fingerprint density at radius 1 is 1.12 bits per heavy atom. The van der Waals surface area contributed by atoms with Gasteiger partial charge in [-0.2, -0.15) is 5.06 Å². The summed E-state index contributed by atoms with van der Waals surface area (Å²) in [5.41, 5.74) is 0.767. The highest BCUT2D eigenvalue weighted by Gasteiger charge is 2.42. The van der Waals surface area contributed by atoms with Crippen LogP contribution in [0.15, 0.2) is 30.3 Å². The van der Waals surface area contributed by atoms with Gasteiger partial charge in [0.2, 0.25) is 15.9 Å². The quantitative estimate of drug-likeness (QED) is 0.800. The van der Waals surface area contributed by atoms with Gasteiger partial charge in [0.25, 0.3) is 0 Å². The number of piperidine rings is 1. The van der Waals surface area contributed by atoms with Crippen LogP contribution in [-0.2, 0) is 19.7 Å². The maximum Gasteiger partial charge on any atom is 0.244 e. The van der Waals surface area contributed by atoms with Gasteiger partial charge in [-0.25, -0.2) is 12.7 Å². The van der Waals surface area contributed by atoms with E-state index in [2.05, 4.69) is 0 Å². The zero-order valence-electron chi connectivity index (χ0n) is 14.6. The summed E-state index contributed by atoms with van der Waals surface area (Å²) in [4.78, 5) is 18.1. The standard InChI is InChI=1S/C18H26N2O4S/c1-2-24-19-11-8-15(9-12-19)14-18(21)20-13-10-17(25(20,22)23)16-6-4-3-5-7-16/h3-7,15,17H,2,8-14H2,1H3. The summed E-state index contributed by atoms with van der Waals surface area (Å²) in [6.45, 7) is 4.49. The fraction of sp³-hybridized carbons (Fsp3) is 0.611. The minimum atomic E-state index is -3.60. The van der Waals surface area contributed by atoms with Gasteiger partial charge in [0.1, 0.15) is 5.25 Å². The van der Waals surface area contributed by atoms with Gasteiger partial charge >= 0.3 is 0 Å². The third kappa shape index (κ3) is 4.04. The Balaban J connectivity index is 1.60. The van der Waals surface area contributed by atoms with Crippen LogP contribution in [0.3, 0.4) is 0 Å². The van der Waals surface area contributed by atoms with E-state index in [1.165, 1.54) is 0 Å². The molecule has 2 fully saturated rings. The Morgan fingerprint density at radius 2 is 1.80 bits per heavy atom. The fourth-order valence-electron chi connectivity index (χ4n) is 3.71. The van der Waals surface area contributed by atoms with E-state index in [1.54, 1.807) is 0 Å². The van der Waals surface area contributed by atoms with Crippen molar-refractivity contribution < 1.29 is 18.0 Å². The van der Waals surface area contributed by atoms with Gasteiger partial charge in [0, 0.05) is 26.1 Å². The molecule has 0 saturated carbocycles. The molecule has 0 bridgehead atoms. The Labute approximate surface area is 149 Å². The number of sulfonamides is 1. The van der Waals surface area contributed by atoms with Crippen LogP contribution < -0.4 is 0 Å². The molecule has 3 rings (SSSR count). The lowest BCUT2D eigenvalue weighted by atomic mass is 9.94. The third-order valence-electron chi connectivity index (χ3n) is 5.06. The third-order valence-corrected chi connectivity index (χ3v) is 7.29. The van der Waals surface area contributed by atoms with Crippen LogP contribution in [0.2, 0.25) is 0 Å². The number of carbonyl (C=O) groups is 1. The van der Waals surface area contributed by atoms with Crippen molar-refractivity contribution in [2.45, 2.75) is 37.9 Å². The SMILES string of the molecule is CCON1CCC(CC(=O)N2CCC(c3ccccc3)S2(=O)=O)CC1. The minimum Gasteiger partial charge on any atom is -0.299 e. The van der Waals surface area contributed by atoms with Crippen molar-refractivity contribution in [3.8, 4) is 0 Å². The first-order valence-corrected chi connectivity index (χ1v) is 10.5. The minimum absolute atomic E-state index is 0.232. The van der Waals surface area contributed by atoms with Crippen molar-refractivity contribution in [2.24, 2.45) is 5.92 Å². The molecule has 138 valence electrons. The van der Waals surface area contributed by atoms with Crippen molar-refractivity contribution in [3.05, 3.63) is 35.9 Å². The van der Waals surface area contributed by atoms with Crippen molar-refractivity contribution >= 4 is 15.9 Å². The highest BCUT2D eigenvalue weighted by molar-refractivity contribution is 7.90. The van der Waals surface area contributed by atoms with Crippen LogP contribution in [0.25, 0.3) is 0 Å². The first-order chi connectivity index (χ1) is 12.0. The number of hydrogen-bond donors (Lipinski definition) is 0. The summed E-state index contributed by atoms with van der Waals surface area (Å²) in [5, 5.41) is 1.33. The van der Waals surface area contributed by atoms with E-state index in [-0.39, 0.29) is 11.8 Å². The number of carbonyl (C=O) groups excluding carboxylic acids is 1. The van der Waals surface area contributed by atoms with Crippen molar-refractivity contribution in [3.63, 3.8) is 0 Å². The van der Waals surface area contributed by atoms with E-state index >= 15 is 0 Å².